The molecule has 18 heavy (non-hydrogen) atoms. The van der Waals surface area contributed by atoms with Gasteiger partial charge in [-0.15, -0.1) is 0 Å². The normalized spacial score (nSPS) is 17.9. The van der Waals surface area contributed by atoms with Gasteiger partial charge in [0.15, 0.2) is 0 Å². The van der Waals surface area contributed by atoms with Crippen LogP contribution in [-0.4, -0.2) is 18.1 Å². The molecule has 0 aliphatic heterocycles. The highest BCUT2D eigenvalue weighted by Gasteiger charge is 2.41. The van der Waals surface area contributed by atoms with Gasteiger partial charge in [0.2, 0.25) is 0 Å². The van der Waals surface area contributed by atoms with Crippen LogP contribution < -0.4 is 16.4 Å². The number of carbonyl (C=O) groups excluding carboxylic acids is 1. The van der Waals surface area contributed by atoms with Crippen molar-refractivity contribution in [1.29, 1.82) is 0 Å². The lowest BCUT2D eigenvalue weighted by Gasteiger charge is -2.29. The van der Waals surface area contributed by atoms with Crippen molar-refractivity contribution in [1.82, 2.24) is 5.32 Å². The minimum absolute atomic E-state index is 0.225. The molecular weight excluding hydrogens is 250 g/mol. The van der Waals surface area contributed by atoms with E-state index in [1.54, 1.807) is 24.3 Å². The van der Waals surface area contributed by atoms with Crippen molar-refractivity contribution in [3.05, 3.63) is 29.3 Å². The lowest BCUT2D eigenvalue weighted by molar-refractivity contribution is 0.234. The number of benzene rings is 1. The highest BCUT2D eigenvalue weighted by atomic mass is 35.5. The van der Waals surface area contributed by atoms with Crippen LogP contribution >= 0.6 is 11.6 Å². The Morgan fingerprint density at radius 3 is 2.56 bits per heavy atom. The molecule has 2 rings (SSSR count). The van der Waals surface area contributed by atoms with Gasteiger partial charge in [-0.05, 0) is 49.9 Å². The fourth-order valence-electron chi connectivity index (χ4n) is 2.00. The summed E-state index contributed by atoms with van der Waals surface area (Å²) in [5.74, 6) is 0.499. The molecule has 4 N–H and O–H groups in total. The lowest BCUT2D eigenvalue weighted by Crippen LogP contribution is -2.54. The number of anilines is 1. The zero-order valence-corrected chi connectivity index (χ0v) is 11.1. The Hall–Kier alpha value is -1.26. The van der Waals surface area contributed by atoms with Gasteiger partial charge in [0.1, 0.15) is 0 Å². The minimum atomic E-state index is -0.309. The summed E-state index contributed by atoms with van der Waals surface area (Å²) in [4.78, 5) is 11.9. The Balaban J connectivity index is 1.93. The summed E-state index contributed by atoms with van der Waals surface area (Å²) < 4.78 is 0. The zero-order chi connectivity index (χ0) is 13.2. The summed E-state index contributed by atoms with van der Waals surface area (Å²) in [6, 6.07) is 6.77. The van der Waals surface area contributed by atoms with E-state index in [2.05, 4.69) is 10.6 Å². The van der Waals surface area contributed by atoms with Gasteiger partial charge >= 0.3 is 6.03 Å². The van der Waals surface area contributed by atoms with Crippen LogP contribution in [0.3, 0.4) is 0 Å². The summed E-state index contributed by atoms with van der Waals surface area (Å²) in [6.45, 7) is 2.44. The minimum Gasteiger partial charge on any atom is -0.331 e. The third kappa shape index (κ3) is 3.15. The van der Waals surface area contributed by atoms with Crippen LogP contribution in [0.25, 0.3) is 0 Å². The van der Waals surface area contributed by atoms with Crippen LogP contribution in [0.1, 0.15) is 19.8 Å². The molecule has 98 valence electrons. The summed E-state index contributed by atoms with van der Waals surface area (Å²) in [5.41, 5.74) is 6.16. The maximum Gasteiger partial charge on any atom is 0.319 e. The number of nitrogens with two attached hydrogens (primary N) is 1. The van der Waals surface area contributed by atoms with E-state index >= 15 is 0 Å². The molecule has 0 aromatic heterocycles. The molecule has 1 saturated carbocycles. The summed E-state index contributed by atoms with van der Waals surface area (Å²) in [7, 11) is 0. The van der Waals surface area contributed by atoms with E-state index in [9.17, 15) is 4.79 Å². The first-order chi connectivity index (χ1) is 8.53. The summed E-state index contributed by atoms with van der Waals surface area (Å²) >= 11 is 5.78. The molecule has 1 fully saturated rings. The van der Waals surface area contributed by atoms with Crippen molar-refractivity contribution in [2.24, 2.45) is 11.7 Å². The van der Waals surface area contributed by atoms with Gasteiger partial charge in [-0.25, -0.2) is 4.79 Å². The molecule has 0 spiro atoms. The number of hydrogen-bond acceptors (Lipinski definition) is 2. The molecule has 1 aliphatic rings. The monoisotopic (exact) mass is 267 g/mol. The predicted molar refractivity (Wildman–Crippen MR) is 73.8 cm³/mol. The number of rotatable bonds is 4. The lowest BCUT2D eigenvalue weighted by atomic mass is 9.96. The molecular formula is C13H18ClN3O. The van der Waals surface area contributed by atoms with Gasteiger partial charge in [0, 0.05) is 17.3 Å². The van der Waals surface area contributed by atoms with Crippen molar-refractivity contribution in [3.8, 4) is 0 Å². The van der Waals surface area contributed by atoms with Crippen LogP contribution in [-0.2, 0) is 0 Å². The maximum absolute atomic E-state index is 11.9. The van der Waals surface area contributed by atoms with E-state index in [1.807, 2.05) is 6.92 Å². The average molecular weight is 268 g/mol. The van der Waals surface area contributed by atoms with Gasteiger partial charge in [-0.1, -0.05) is 11.6 Å². The largest absolute Gasteiger partial charge is 0.331 e. The second-order valence-electron chi connectivity index (χ2n) is 4.98. The van der Waals surface area contributed by atoms with Gasteiger partial charge in [-0.3, -0.25) is 0 Å². The Kier molecular flexibility index (Phi) is 3.78. The number of halogens is 1. The molecule has 0 heterocycles. The van der Waals surface area contributed by atoms with Crippen molar-refractivity contribution >= 4 is 23.3 Å². The molecule has 5 heteroatoms. The van der Waals surface area contributed by atoms with Crippen molar-refractivity contribution in [3.63, 3.8) is 0 Å². The molecule has 0 radical (unpaired) electrons. The van der Waals surface area contributed by atoms with Crippen molar-refractivity contribution in [2.75, 3.05) is 11.9 Å². The first-order valence-electron chi connectivity index (χ1n) is 6.08. The van der Waals surface area contributed by atoms with E-state index in [1.165, 1.54) is 0 Å². The van der Waals surface area contributed by atoms with Crippen LogP contribution in [0, 0.1) is 5.92 Å². The molecule has 1 aromatic carbocycles. The average Bonchev–Trinajstić information content (AvgIpc) is 3.16. The van der Waals surface area contributed by atoms with E-state index in [0.717, 1.165) is 12.8 Å². The highest BCUT2D eigenvalue weighted by molar-refractivity contribution is 6.30. The van der Waals surface area contributed by atoms with Crippen LogP contribution in [0.15, 0.2) is 24.3 Å². The van der Waals surface area contributed by atoms with Gasteiger partial charge in [0.25, 0.3) is 0 Å². The Morgan fingerprint density at radius 1 is 1.44 bits per heavy atom. The first-order valence-corrected chi connectivity index (χ1v) is 6.46. The standard InChI is InChI=1S/C13H18ClN3O/c1-13(8-15,9-2-3-9)17-12(18)16-11-6-4-10(14)5-7-11/h4-7,9H,2-3,8,15H2,1H3,(H2,16,17,18). The predicted octanol–water partition coefficient (Wildman–Crippen LogP) is 2.59. The second-order valence-corrected chi connectivity index (χ2v) is 5.42. The van der Waals surface area contributed by atoms with Crippen LogP contribution in [0.4, 0.5) is 10.5 Å². The number of urea groups is 1. The first kappa shape index (κ1) is 13.2. The Morgan fingerprint density at radius 2 is 2.06 bits per heavy atom. The van der Waals surface area contributed by atoms with Gasteiger partial charge < -0.3 is 16.4 Å². The number of amides is 2. The number of nitrogens with one attached hydrogen (secondary N) is 2. The summed E-state index contributed by atoms with van der Waals surface area (Å²) in [6.07, 6.45) is 2.27. The zero-order valence-electron chi connectivity index (χ0n) is 10.4. The molecule has 0 saturated heterocycles. The van der Waals surface area contributed by atoms with E-state index in [-0.39, 0.29) is 11.6 Å². The summed E-state index contributed by atoms with van der Waals surface area (Å²) in [5, 5.41) is 6.38. The Bertz CT molecular complexity index is 430. The molecule has 4 nitrogen and oxygen atoms in total. The maximum atomic E-state index is 11.9. The number of carbonyl (C=O) groups is 1. The fourth-order valence-corrected chi connectivity index (χ4v) is 2.12. The van der Waals surface area contributed by atoms with E-state index in [4.69, 9.17) is 17.3 Å². The molecule has 2 amide bonds. The van der Waals surface area contributed by atoms with E-state index < -0.39 is 0 Å². The van der Waals surface area contributed by atoms with E-state index in [0.29, 0.717) is 23.2 Å². The quantitative estimate of drug-likeness (QED) is 0.785. The topological polar surface area (TPSA) is 67.1 Å². The second kappa shape index (κ2) is 5.16. The number of hydrogen-bond donors (Lipinski definition) is 3. The molecule has 1 unspecified atom stereocenters. The molecule has 0 bridgehead atoms. The van der Waals surface area contributed by atoms with Crippen molar-refractivity contribution < 1.29 is 4.79 Å². The van der Waals surface area contributed by atoms with Crippen LogP contribution in [0.5, 0.6) is 0 Å². The van der Waals surface area contributed by atoms with Gasteiger partial charge in [-0.2, -0.15) is 0 Å². The smallest absolute Gasteiger partial charge is 0.319 e. The Labute approximate surface area is 112 Å². The van der Waals surface area contributed by atoms with Crippen LogP contribution in [0.2, 0.25) is 5.02 Å². The molecule has 1 atom stereocenters. The fraction of sp³-hybridized carbons (Fsp3) is 0.462. The van der Waals surface area contributed by atoms with Gasteiger partial charge in [0.05, 0.1) is 5.54 Å². The third-order valence-electron chi connectivity index (χ3n) is 3.40. The molecule has 1 aromatic rings. The van der Waals surface area contributed by atoms with Crippen molar-refractivity contribution in [2.45, 2.75) is 25.3 Å². The highest BCUT2D eigenvalue weighted by Crippen LogP contribution is 2.38. The molecule has 1 aliphatic carbocycles. The third-order valence-corrected chi connectivity index (χ3v) is 3.66. The SMILES string of the molecule is CC(CN)(NC(=O)Nc1ccc(Cl)cc1)C1CC1.